The number of fused-ring (bicyclic) bond motifs is 1. The van der Waals surface area contributed by atoms with Crippen LogP contribution in [0.15, 0.2) is 53.3 Å². The topological polar surface area (TPSA) is 118 Å². The number of imidazole rings is 1. The maximum atomic E-state index is 12.5. The van der Waals surface area contributed by atoms with E-state index in [1.807, 2.05) is 60.0 Å². The number of hydrogen-bond acceptors (Lipinski definition) is 6. The van der Waals surface area contributed by atoms with Gasteiger partial charge >= 0.3 is 0 Å². The predicted octanol–water partition coefficient (Wildman–Crippen LogP) is 2.98. The third kappa shape index (κ3) is 2.96. The Labute approximate surface area is 174 Å². The Balaban J connectivity index is 1.68. The van der Waals surface area contributed by atoms with Crippen molar-refractivity contribution in [3.63, 3.8) is 0 Å². The average molecular weight is 419 g/mol. The second-order valence-corrected chi connectivity index (χ2v) is 7.08. The van der Waals surface area contributed by atoms with Crippen LogP contribution in [-0.2, 0) is 6.54 Å². The fraction of sp³-hybridized carbons (Fsp3) is 0.100. The van der Waals surface area contributed by atoms with Crippen LogP contribution in [0, 0.1) is 6.92 Å². The van der Waals surface area contributed by atoms with Crippen molar-refractivity contribution in [2.45, 2.75) is 13.5 Å². The molecule has 0 aliphatic carbocycles. The van der Waals surface area contributed by atoms with Crippen LogP contribution in [0.5, 0.6) is 0 Å². The first kappa shape index (κ1) is 18.2. The molecule has 2 aromatic carbocycles. The van der Waals surface area contributed by atoms with E-state index in [1.54, 1.807) is 0 Å². The molecule has 148 valence electrons. The third-order valence-electron chi connectivity index (χ3n) is 4.97. The molecule has 0 amide bonds. The smallest absolute Gasteiger partial charge is 0.290 e. The van der Waals surface area contributed by atoms with Crippen molar-refractivity contribution in [1.82, 2.24) is 40.4 Å². The van der Waals surface area contributed by atoms with Crippen LogP contribution in [0.25, 0.3) is 33.5 Å². The van der Waals surface area contributed by atoms with Crippen molar-refractivity contribution in [3.05, 3.63) is 75.4 Å². The monoisotopic (exact) mass is 418 g/mol. The molecule has 9 nitrogen and oxygen atoms in total. The van der Waals surface area contributed by atoms with Crippen LogP contribution in [0.4, 0.5) is 0 Å². The first-order chi connectivity index (χ1) is 14.6. The molecule has 0 saturated carbocycles. The summed E-state index contributed by atoms with van der Waals surface area (Å²) >= 11 is 6.14. The van der Waals surface area contributed by atoms with Crippen molar-refractivity contribution in [1.29, 1.82) is 0 Å². The van der Waals surface area contributed by atoms with E-state index in [0.717, 1.165) is 22.3 Å². The van der Waals surface area contributed by atoms with Crippen LogP contribution in [-0.4, -0.2) is 40.4 Å². The number of rotatable bonds is 4. The van der Waals surface area contributed by atoms with Gasteiger partial charge in [0.05, 0.1) is 6.54 Å². The van der Waals surface area contributed by atoms with Gasteiger partial charge in [-0.1, -0.05) is 60.1 Å². The van der Waals surface area contributed by atoms with E-state index < -0.39 is 0 Å². The van der Waals surface area contributed by atoms with Crippen LogP contribution in [0.1, 0.15) is 11.4 Å². The van der Waals surface area contributed by atoms with Crippen LogP contribution < -0.4 is 5.56 Å². The van der Waals surface area contributed by atoms with Crippen molar-refractivity contribution < 1.29 is 0 Å². The molecule has 5 aromatic rings. The Bertz CT molecular complexity index is 1420. The summed E-state index contributed by atoms with van der Waals surface area (Å²) in [6.07, 6.45) is 0. The van der Waals surface area contributed by atoms with Crippen molar-refractivity contribution >= 4 is 22.6 Å². The Hall–Kier alpha value is -3.85. The van der Waals surface area contributed by atoms with Gasteiger partial charge in [-0.25, -0.2) is 10.1 Å². The largest absolute Gasteiger partial charge is 0.319 e. The number of benzene rings is 2. The standard InChI is InChI=1S/C20H15ClN8O/c1-11-22-16-17(20(30)26-23-18(16)21)29(11)10-12-6-2-3-7-13(12)14-8-4-5-9-15(14)19-24-27-28-25-19/h2-9H,10H2,1H3,(H,26,30)(H,24,25,27,28). The molecular weight excluding hydrogens is 404 g/mol. The molecule has 0 bridgehead atoms. The van der Waals surface area contributed by atoms with Gasteiger partial charge in [-0.3, -0.25) is 4.79 Å². The van der Waals surface area contributed by atoms with Gasteiger partial charge in [-0.15, -0.1) is 10.2 Å². The number of halogens is 1. The summed E-state index contributed by atoms with van der Waals surface area (Å²) in [7, 11) is 0. The summed E-state index contributed by atoms with van der Waals surface area (Å²) in [5.41, 5.74) is 4.27. The molecule has 0 atom stereocenters. The highest BCUT2D eigenvalue weighted by Gasteiger charge is 2.18. The molecule has 0 unspecified atom stereocenters. The van der Waals surface area contributed by atoms with Gasteiger partial charge in [0.2, 0.25) is 5.82 Å². The number of H-pyrrole nitrogens is 2. The normalized spacial score (nSPS) is 11.3. The lowest BCUT2D eigenvalue weighted by molar-refractivity contribution is 0.781. The van der Waals surface area contributed by atoms with Crippen LogP contribution in [0.3, 0.4) is 0 Å². The summed E-state index contributed by atoms with van der Waals surface area (Å²) in [4.78, 5) is 16.9. The van der Waals surface area contributed by atoms with Crippen molar-refractivity contribution in [3.8, 4) is 22.5 Å². The highest BCUT2D eigenvalue weighted by molar-refractivity contribution is 6.33. The summed E-state index contributed by atoms with van der Waals surface area (Å²) in [6, 6.07) is 15.8. The van der Waals surface area contributed by atoms with E-state index in [4.69, 9.17) is 11.6 Å². The number of nitrogens with zero attached hydrogens (tertiary/aromatic N) is 6. The quantitative estimate of drug-likeness (QED) is 0.463. The molecule has 0 spiro atoms. The lowest BCUT2D eigenvalue weighted by Gasteiger charge is -2.14. The van der Waals surface area contributed by atoms with Crippen molar-refractivity contribution in [2.75, 3.05) is 0 Å². The zero-order valence-corrected chi connectivity index (χ0v) is 16.6. The van der Waals surface area contributed by atoms with E-state index in [1.165, 1.54) is 0 Å². The molecule has 30 heavy (non-hydrogen) atoms. The second kappa shape index (κ2) is 7.20. The van der Waals surface area contributed by atoms with Crippen molar-refractivity contribution in [2.24, 2.45) is 0 Å². The molecule has 2 N–H and O–H groups in total. The number of aromatic nitrogens is 8. The zero-order valence-electron chi connectivity index (χ0n) is 15.8. The van der Waals surface area contributed by atoms with Gasteiger partial charge in [0.1, 0.15) is 16.9 Å². The van der Waals surface area contributed by atoms with Gasteiger partial charge < -0.3 is 4.57 Å². The summed E-state index contributed by atoms with van der Waals surface area (Å²) in [5, 5.41) is 20.8. The Morgan fingerprint density at radius 3 is 2.50 bits per heavy atom. The molecular formula is C20H15ClN8O. The fourth-order valence-electron chi connectivity index (χ4n) is 3.62. The van der Waals surface area contributed by atoms with Crippen LogP contribution >= 0.6 is 11.6 Å². The van der Waals surface area contributed by atoms with Gasteiger partial charge in [-0.05, 0) is 28.8 Å². The Morgan fingerprint density at radius 1 is 1.00 bits per heavy atom. The lowest BCUT2D eigenvalue weighted by atomic mass is 9.95. The second-order valence-electron chi connectivity index (χ2n) is 6.72. The number of hydrogen-bond donors (Lipinski definition) is 2. The molecule has 10 heteroatoms. The Kier molecular flexibility index (Phi) is 4.36. The molecule has 0 saturated heterocycles. The molecule has 0 aliphatic rings. The number of aryl methyl sites for hydroxylation is 1. The molecule has 3 aromatic heterocycles. The number of aromatic amines is 2. The Morgan fingerprint density at radius 2 is 1.73 bits per heavy atom. The lowest BCUT2D eigenvalue weighted by Crippen LogP contribution is -2.14. The van der Waals surface area contributed by atoms with Gasteiger partial charge in [0.25, 0.3) is 5.56 Å². The molecule has 0 fully saturated rings. The molecule has 0 radical (unpaired) electrons. The van der Waals surface area contributed by atoms with E-state index in [-0.39, 0.29) is 10.7 Å². The fourth-order valence-corrected chi connectivity index (χ4v) is 3.79. The SMILES string of the molecule is Cc1nc2c(Cl)n[nH]c(=O)c2n1Cc1ccccc1-c1ccccc1-c1nn[nH]n1. The maximum Gasteiger partial charge on any atom is 0.290 e. The molecule has 5 rings (SSSR count). The summed E-state index contributed by atoms with van der Waals surface area (Å²) in [6.45, 7) is 2.27. The number of nitrogens with one attached hydrogen (secondary N) is 2. The van der Waals surface area contributed by atoms with E-state index in [9.17, 15) is 4.79 Å². The highest BCUT2D eigenvalue weighted by Crippen LogP contribution is 2.33. The maximum absolute atomic E-state index is 12.5. The third-order valence-corrected chi connectivity index (χ3v) is 5.24. The van der Waals surface area contributed by atoms with Gasteiger partial charge in [0, 0.05) is 5.56 Å². The molecule has 0 aliphatic heterocycles. The van der Waals surface area contributed by atoms with Gasteiger partial charge in [-0.2, -0.15) is 10.3 Å². The van der Waals surface area contributed by atoms with E-state index in [0.29, 0.717) is 29.2 Å². The minimum absolute atomic E-state index is 0.169. The van der Waals surface area contributed by atoms with E-state index in [2.05, 4.69) is 35.8 Å². The zero-order chi connectivity index (χ0) is 20.7. The number of tetrazole rings is 1. The summed E-state index contributed by atoms with van der Waals surface area (Å²) in [5.74, 6) is 1.19. The minimum atomic E-state index is -0.334. The predicted molar refractivity (Wildman–Crippen MR) is 112 cm³/mol. The van der Waals surface area contributed by atoms with Gasteiger partial charge in [0.15, 0.2) is 5.15 Å². The minimum Gasteiger partial charge on any atom is -0.319 e. The van der Waals surface area contributed by atoms with Crippen LogP contribution in [0.2, 0.25) is 5.15 Å². The summed E-state index contributed by atoms with van der Waals surface area (Å²) < 4.78 is 1.84. The first-order valence-electron chi connectivity index (χ1n) is 9.15. The van der Waals surface area contributed by atoms with E-state index >= 15 is 0 Å². The highest BCUT2D eigenvalue weighted by atomic mass is 35.5. The average Bonchev–Trinajstić information content (AvgIpc) is 3.41. The molecule has 3 heterocycles. The first-order valence-corrected chi connectivity index (χ1v) is 9.53.